The van der Waals surface area contributed by atoms with E-state index in [1.807, 2.05) is 6.92 Å². The van der Waals surface area contributed by atoms with Gasteiger partial charge in [-0.3, -0.25) is 0 Å². The van der Waals surface area contributed by atoms with Gasteiger partial charge in [-0.25, -0.2) is 13.4 Å². The molecule has 2 aromatic heterocycles. The Morgan fingerprint density at radius 2 is 2.28 bits per heavy atom. The zero-order valence-electron chi connectivity index (χ0n) is 9.91. The average molecular weight is 287 g/mol. The molecule has 3 N–H and O–H groups in total. The molecule has 0 amide bonds. The minimum atomic E-state index is -3.45. The van der Waals surface area contributed by atoms with Gasteiger partial charge in [0.05, 0.1) is 0 Å². The second kappa shape index (κ2) is 4.58. The van der Waals surface area contributed by atoms with Crippen molar-refractivity contribution in [3.05, 3.63) is 11.6 Å². The van der Waals surface area contributed by atoms with Crippen LogP contribution in [0.25, 0.3) is 5.13 Å². The van der Waals surface area contributed by atoms with Gasteiger partial charge in [-0.15, -0.1) is 16.4 Å². The molecule has 98 valence electrons. The lowest BCUT2D eigenvalue weighted by Gasteiger charge is -2.01. The highest BCUT2D eigenvalue weighted by molar-refractivity contribution is 7.91. The Bertz CT molecular complexity index is 645. The Morgan fingerprint density at radius 1 is 1.56 bits per heavy atom. The Hall–Kier alpha value is -1.61. The molecule has 9 heteroatoms. The molecule has 0 radical (unpaired) electrons. The van der Waals surface area contributed by atoms with Crippen LogP contribution in [0.3, 0.4) is 0 Å². The molecule has 0 aromatic carbocycles. The highest BCUT2D eigenvalue weighted by Crippen LogP contribution is 2.29. The number of nitrogens with one attached hydrogen (secondary N) is 1. The van der Waals surface area contributed by atoms with E-state index in [4.69, 9.17) is 5.73 Å². The van der Waals surface area contributed by atoms with E-state index in [9.17, 15) is 8.42 Å². The van der Waals surface area contributed by atoms with Crippen LogP contribution in [0, 0.1) is 0 Å². The summed E-state index contributed by atoms with van der Waals surface area (Å²) in [5, 5.41) is 9.35. The molecular formula is C9H13N5O2S2. The SMILES string of the molecule is CCNc1nn(-c2nccs2)c(N)c1S(C)(=O)=O. The summed E-state index contributed by atoms with van der Waals surface area (Å²) in [6.45, 7) is 2.40. The minimum Gasteiger partial charge on any atom is -0.382 e. The van der Waals surface area contributed by atoms with Crippen molar-refractivity contribution >= 4 is 32.8 Å². The molecule has 0 unspecified atom stereocenters. The first-order valence-corrected chi connectivity index (χ1v) is 7.94. The second-order valence-electron chi connectivity index (χ2n) is 3.59. The first-order valence-electron chi connectivity index (χ1n) is 5.17. The standard InChI is InChI=1S/C9H13N5O2S2/c1-3-11-8-6(18(2,15)16)7(10)14(13-8)9-12-4-5-17-9/h4-5H,3,10H2,1-2H3,(H,11,13). The smallest absolute Gasteiger partial charge is 0.212 e. The quantitative estimate of drug-likeness (QED) is 0.860. The van der Waals surface area contributed by atoms with Crippen molar-refractivity contribution < 1.29 is 8.42 Å². The van der Waals surface area contributed by atoms with Crippen molar-refractivity contribution in [1.82, 2.24) is 14.8 Å². The molecular weight excluding hydrogens is 274 g/mol. The van der Waals surface area contributed by atoms with E-state index in [0.29, 0.717) is 11.7 Å². The van der Waals surface area contributed by atoms with E-state index in [-0.39, 0.29) is 16.5 Å². The van der Waals surface area contributed by atoms with Crippen LogP contribution in [0.15, 0.2) is 16.5 Å². The summed E-state index contributed by atoms with van der Waals surface area (Å²) < 4.78 is 24.8. The van der Waals surface area contributed by atoms with Crippen molar-refractivity contribution in [2.45, 2.75) is 11.8 Å². The van der Waals surface area contributed by atoms with Crippen LogP contribution >= 0.6 is 11.3 Å². The van der Waals surface area contributed by atoms with E-state index < -0.39 is 9.84 Å². The van der Waals surface area contributed by atoms with E-state index in [1.165, 1.54) is 16.0 Å². The first-order chi connectivity index (χ1) is 8.45. The fourth-order valence-corrected chi connectivity index (χ4v) is 3.07. The summed E-state index contributed by atoms with van der Waals surface area (Å²) >= 11 is 1.33. The molecule has 0 fully saturated rings. The van der Waals surface area contributed by atoms with Crippen molar-refractivity contribution in [2.75, 3.05) is 23.9 Å². The van der Waals surface area contributed by atoms with E-state index >= 15 is 0 Å². The monoisotopic (exact) mass is 287 g/mol. The van der Waals surface area contributed by atoms with Crippen LogP contribution in [0.2, 0.25) is 0 Å². The third-order valence-electron chi connectivity index (χ3n) is 2.19. The largest absolute Gasteiger partial charge is 0.382 e. The van der Waals surface area contributed by atoms with E-state index in [1.54, 1.807) is 11.6 Å². The number of thiazole rings is 1. The van der Waals surface area contributed by atoms with Gasteiger partial charge in [0.1, 0.15) is 0 Å². The molecule has 0 bridgehead atoms. The van der Waals surface area contributed by atoms with Crippen molar-refractivity contribution in [1.29, 1.82) is 0 Å². The molecule has 18 heavy (non-hydrogen) atoms. The number of nitrogens with two attached hydrogens (primary N) is 1. The zero-order chi connectivity index (χ0) is 13.3. The normalized spacial score (nSPS) is 11.7. The van der Waals surface area contributed by atoms with Crippen LogP contribution in [0.5, 0.6) is 0 Å². The van der Waals surface area contributed by atoms with Gasteiger partial charge in [-0.05, 0) is 6.92 Å². The van der Waals surface area contributed by atoms with Gasteiger partial charge in [-0.2, -0.15) is 4.68 Å². The summed E-state index contributed by atoms with van der Waals surface area (Å²) in [6.07, 6.45) is 2.71. The third-order valence-corrected chi connectivity index (χ3v) is 4.08. The van der Waals surface area contributed by atoms with Gasteiger partial charge < -0.3 is 11.1 Å². The molecule has 0 aliphatic rings. The lowest BCUT2D eigenvalue weighted by molar-refractivity contribution is 0.602. The molecule has 0 saturated carbocycles. The van der Waals surface area contributed by atoms with Crippen LogP contribution in [-0.2, 0) is 9.84 Å². The molecule has 7 nitrogen and oxygen atoms in total. The van der Waals surface area contributed by atoms with Crippen molar-refractivity contribution in [3.63, 3.8) is 0 Å². The van der Waals surface area contributed by atoms with E-state index in [2.05, 4.69) is 15.4 Å². The Morgan fingerprint density at radius 3 is 2.78 bits per heavy atom. The highest BCUT2D eigenvalue weighted by Gasteiger charge is 2.25. The number of aromatic nitrogens is 3. The molecule has 0 saturated heterocycles. The zero-order valence-corrected chi connectivity index (χ0v) is 11.5. The van der Waals surface area contributed by atoms with Crippen LogP contribution in [-0.4, -0.2) is 36.0 Å². The number of nitrogens with zero attached hydrogens (tertiary/aromatic N) is 3. The van der Waals surface area contributed by atoms with Gasteiger partial charge in [-0.1, -0.05) is 0 Å². The summed E-state index contributed by atoms with van der Waals surface area (Å²) in [4.78, 5) is 4.07. The lowest BCUT2D eigenvalue weighted by Crippen LogP contribution is -2.06. The van der Waals surface area contributed by atoms with Gasteiger partial charge in [0.25, 0.3) is 0 Å². The number of anilines is 2. The predicted octanol–water partition coefficient (Wildman–Crippen LogP) is 0.746. The first kappa shape index (κ1) is 12.8. The topological polar surface area (TPSA) is 103 Å². The fourth-order valence-electron chi connectivity index (χ4n) is 1.53. The van der Waals surface area contributed by atoms with Gasteiger partial charge in [0.15, 0.2) is 26.4 Å². The maximum absolute atomic E-state index is 11.7. The minimum absolute atomic E-state index is 0.0135. The predicted molar refractivity (Wildman–Crippen MR) is 70.9 cm³/mol. The van der Waals surface area contributed by atoms with Crippen molar-refractivity contribution in [3.8, 4) is 5.13 Å². The third kappa shape index (κ3) is 2.18. The molecule has 0 atom stereocenters. The summed E-state index contributed by atoms with van der Waals surface area (Å²) in [7, 11) is -3.45. The number of hydrogen-bond acceptors (Lipinski definition) is 7. The van der Waals surface area contributed by atoms with Crippen LogP contribution < -0.4 is 11.1 Å². The highest BCUT2D eigenvalue weighted by atomic mass is 32.2. The summed E-state index contributed by atoms with van der Waals surface area (Å²) in [5.41, 5.74) is 5.86. The van der Waals surface area contributed by atoms with Crippen molar-refractivity contribution in [2.24, 2.45) is 0 Å². The molecule has 2 rings (SSSR count). The molecule has 0 aliphatic heterocycles. The lowest BCUT2D eigenvalue weighted by atomic mass is 10.5. The number of nitrogen functional groups attached to an aromatic ring is 1. The van der Waals surface area contributed by atoms with E-state index in [0.717, 1.165) is 6.26 Å². The Kier molecular flexibility index (Phi) is 3.26. The van der Waals surface area contributed by atoms with Gasteiger partial charge >= 0.3 is 0 Å². The maximum Gasteiger partial charge on any atom is 0.212 e. The fraction of sp³-hybridized carbons (Fsp3) is 0.333. The van der Waals surface area contributed by atoms with Gasteiger partial charge in [0.2, 0.25) is 5.13 Å². The van der Waals surface area contributed by atoms with Crippen LogP contribution in [0.4, 0.5) is 11.6 Å². The number of rotatable bonds is 4. The molecule has 2 heterocycles. The average Bonchev–Trinajstić information content (AvgIpc) is 2.84. The summed E-state index contributed by atoms with van der Waals surface area (Å²) in [6, 6.07) is 0. The van der Waals surface area contributed by atoms with Gasteiger partial charge in [0, 0.05) is 24.4 Å². The molecule has 0 aliphatic carbocycles. The number of hydrogen-bond donors (Lipinski definition) is 2. The Balaban J connectivity index is 2.66. The summed E-state index contributed by atoms with van der Waals surface area (Å²) in [5.74, 6) is 0.330. The molecule has 2 aromatic rings. The molecule has 0 spiro atoms. The Labute approximate surface area is 109 Å². The van der Waals surface area contributed by atoms with Crippen LogP contribution in [0.1, 0.15) is 6.92 Å². The maximum atomic E-state index is 11.7. The number of sulfone groups is 1. The second-order valence-corrected chi connectivity index (χ2v) is 6.42.